The van der Waals surface area contributed by atoms with Gasteiger partial charge in [-0.1, -0.05) is 60.7 Å². The number of amides is 3. The predicted octanol–water partition coefficient (Wildman–Crippen LogP) is 5.93. The maximum absolute atomic E-state index is 14.8. The first-order chi connectivity index (χ1) is 22.0. The van der Waals surface area contributed by atoms with Gasteiger partial charge in [0.1, 0.15) is 12.1 Å². The molecule has 5 rings (SSSR count). The fourth-order valence-electron chi connectivity index (χ4n) is 5.87. The Bertz CT molecular complexity index is 1840. The highest BCUT2D eigenvalue weighted by Gasteiger charge is 2.54. The van der Waals surface area contributed by atoms with Crippen molar-refractivity contribution in [2.45, 2.75) is 43.9 Å². The molecule has 3 aromatic rings. The van der Waals surface area contributed by atoms with Gasteiger partial charge in [-0.2, -0.15) is 8.78 Å². The van der Waals surface area contributed by atoms with Crippen molar-refractivity contribution in [3.63, 3.8) is 0 Å². The molecule has 0 fully saturated rings. The van der Waals surface area contributed by atoms with Gasteiger partial charge in [0.05, 0.1) is 5.69 Å². The molecule has 3 aromatic carbocycles. The summed E-state index contributed by atoms with van der Waals surface area (Å²) in [6, 6.07) is 17.4. The van der Waals surface area contributed by atoms with Crippen LogP contribution in [0.4, 0.5) is 20.2 Å². The Kier molecular flexibility index (Phi) is 9.45. The molecule has 10 nitrogen and oxygen atoms in total. The summed E-state index contributed by atoms with van der Waals surface area (Å²) in [6.45, 7) is 3.49. The Morgan fingerprint density at radius 2 is 1.66 bits per heavy atom. The quantitative estimate of drug-likeness (QED) is 0.211. The van der Waals surface area contributed by atoms with Gasteiger partial charge in [0, 0.05) is 44.1 Å². The molecule has 0 radical (unpaired) electrons. The summed E-state index contributed by atoms with van der Waals surface area (Å²) in [6.07, 6.45) is 2.36. The highest BCUT2D eigenvalue weighted by molar-refractivity contribution is 7.68. The van der Waals surface area contributed by atoms with Crippen molar-refractivity contribution in [2.75, 3.05) is 30.2 Å². The summed E-state index contributed by atoms with van der Waals surface area (Å²) in [5.74, 6) is -1.26. The Morgan fingerprint density at radius 1 is 1.02 bits per heavy atom. The first-order valence-electron chi connectivity index (χ1n) is 14.8. The molecule has 248 valence electrons. The topological polar surface area (TPSA) is 133 Å². The monoisotopic (exact) mass is 685 g/mol. The molecule has 0 aromatic heterocycles. The van der Waals surface area contributed by atoms with E-state index in [1.54, 1.807) is 14.0 Å². The van der Waals surface area contributed by atoms with Crippen molar-refractivity contribution in [3.8, 4) is 0 Å². The SMILES string of the molecule is C/C(=C\C(=O)NC1CCc2cccc3c2N(C1=O)[C@H](C(=O)N(C)c1ccccc1)C3)c1ccc(C(F)(F)P(=O)(O)OP(C)(C)=O)cc1. The van der Waals surface area contributed by atoms with Gasteiger partial charge in [0.15, 0.2) is 0 Å². The zero-order chi connectivity index (χ0) is 34.3. The van der Waals surface area contributed by atoms with Crippen LogP contribution in [0, 0.1) is 0 Å². The summed E-state index contributed by atoms with van der Waals surface area (Å²) in [5, 5.41) is 2.76. The number of para-hydroxylation sites is 2. The number of benzene rings is 3. The Labute approximate surface area is 271 Å². The Balaban J connectivity index is 1.33. The summed E-state index contributed by atoms with van der Waals surface area (Å²) >= 11 is 0. The number of nitrogens with one attached hydrogen (secondary N) is 1. The van der Waals surface area contributed by atoms with Crippen LogP contribution in [0.25, 0.3) is 5.57 Å². The van der Waals surface area contributed by atoms with E-state index in [9.17, 15) is 37.2 Å². The number of hydrogen-bond acceptors (Lipinski definition) is 6. The van der Waals surface area contributed by atoms with Crippen LogP contribution in [0.5, 0.6) is 0 Å². The number of halogens is 2. The highest BCUT2D eigenvalue weighted by Crippen LogP contribution is 2.69. The number of allylic oxidation sites excluding steroid dienone is 1. The first kappa shape index (κ1) is 34.4. The van der Waals surface area contributed by atoms with Gasteiger partial charge < -0.3 is 15.1 Å². The standard InChI is InChI=1S/C33H35F2N3O7P2/c1-21(22-13-16-25(17-14-22)33(34,35)47(43,44)45-46(3,4)42)19-29(39)36-27-18-15-23-9-8-10-24-20-28(38(30(23)24)31(27)40)32(41)37(2)26-11-6-5-7-12-26/h5-14,16-17,19,27-28H,15,18,20H2,1-4H3,(H,36,39)(H,43,44)/b21-19+/t27?,28-/m0/s1. The van der Waals surface area contributed by atoms with Crippen LogP contribution in [-0.2, 0) is 46.3 Å². The normalized spacial score (nSPS) is 19.4. The zero-order valence-corrected chi connectivity index (χ0v) is 28.0. The summed E-state index contributed by atoms with van der Waals surface area (Å²) in [5.41, 5.74) is -1.23. The van der Waals surface area contributed by atoms with Crippen molar-refractivity contribution in [2.24, 2.45) is 0 Å². The first-order valence-corrected chi connectivity index (χ1v) is 18.9. The van der Waals surface area contributed by atoms with Gasteiger partial charge in [-0.25, -0.2) is 4.31 Å². The smallest absolute Gasteiger partial charge is 0.341 e. The van der Waals surface area contributed by atoms with Crippen molar-refractivity contribution in [1.29, 1.82) is 0 Å². The zero-order valence-electron chi connectivity index (χ0n) is 26.2. The number of aryl methyl sites for hydroxylation is 1. The van der Waals surface area contributed by atoms with Gasteiger partial charge in [0.25, 0.3) is 0 Å². The number of carbonyl (C=O) groups excluding carboxylic acids is 3. The fourth-order valence-corrected chi connectivity index (χ4v) is 8.89. The maximum Gasteiger partial charge on any atom is 0.407 e. The molecule has 2 unspecified atom stereocenters. The molecule has 2 heterocycles. The van der Waals surface area contributed by atoms with Crippen molar-refractivity contribution in [1.82, 2.24) is 5.32 Å². The van der Waals surface area contributed by atoms with E-state index in [2.05, 4.69) is 9.63 Å². The minimum atomic E-state index is -5.62. The molecule has 2 N–H and O–H groups in total. The third-order valence-electron chi connectivity index (χ3n) is 8.18. The molecule has 0 aliphatic carbocycles. The number of carbonyl (C=O) groups is 3. The van der Waals surface area contributed by atoms with E-state index in [0.29, 0.717) is 41.8 Å². The second-order valence-electron chi connectivity index (χ2n) is 12.0. The largest absolute Gasteiger partial charge is 0.407 e. The number of nitrogens with zero attached hydrogens (tertiary/aromatic N) is 2. The molecule has 2 aliphatic heterocycles. The molecule has 2 aliphatic rings. The van der Waals surface area contributed by atoms with E-state index in [0.717, 1.165) is 36.6 Å². The lowest BCUT2D eigenvalue weighted by Crippen LogP contribution is -2.54. The number of rotatable bonds is 9. The van der Waals surface area contributed by atoms with Crippen LogP contribution in [0.2, 0.25) is 0 Å². The van der Waals surface area contributed by atoms with Gasteiger partial charge in [-0.05, 0) is 54.2 Å². The molecule has 47 heavy (non-hydrogen) atoms. The van der Waals surface area contributed by atoms with Crippen LogP contribution >= 0.6 is 15.0 Å². The van der Waals surface area contributed by atoms with Gasteiger partial charge >= 0.3 is 13.3 Å². The highest BCUT2D eigenvalue weighted by atomic mass is 31.3. The molecule has 0 saturated heterocycles. The maximum atomic E-state index is 14.8. The Morgan fingerprint density at radius 3 is 2.30 bits per heavy atom. The van der Waals surface area contributed by atoms with E-state index in [1.165, 1.54) is 28.0 Å². The molecule has 0 spiro atoms. The minimum Gasteiger partial charge on any atom is -0.341 e. The van der Waals surface area contributed by atoms with Crippen molar-refractivity contribution >= 4 is 49.6 Å². The van der Waals surface area contributed by atoms with Crippen LogP contribution in [0.15, 0.2) is 78.9 Å². The summed E-state index contributed by atoms with van der Waals surface area (Å²) < 4.78 is 58.0. The number of hydrogen-bond donors (Lipinski definition) is 2. The summed E-state index contributed by atoms with van der Waals surface area (Å²) in [7, 11) is -7.67. The molecule has 14 heteroatoms. The fraction of sp³-hybridized carbons (Fsp3) is 0.303. The van der Waals surface area contributed by atoms with E-state index < -0.39 is 50.1 Å². The lowest BCUT2D eigenvalue weighted by atomic mass is 10.0. The van der Waals surface area contributed by atoms with Crippen LogP contribution in [-0.4, -0.2) is 55.1 Å². The third-order valence-corrected chi connectivity index (χ3v) is 11.6. The Hall–Kier alpha value is -3.95. The van der Waals surface area contributed by atoms with E-state index in [4.69, 9.17) is 0 Å². The van der Waals surface area contributed by atoms with Crippen LogP contribution < -0.4 is 15.1 Å². The molecular weight excluding hydrogens is 650 g/mol. The average Bonchev–Trinajstić information content (AvgIpc) is 3.35. The van der Waals surface area contributed by atoms with E-state index in [1.807, 2.05) is 48.5 Å². The van der Waals surface area contributed by atoms with Crippen LogP contribution in [0.1, 0.15) is 35.6 Å². The van der Waals surface area contributed by atoms with Crippen LogP contribution in [0.3, 0.4) is 0 Å². The van der Waals surface area contributed by atoms with Crippen molar-refractivity contribution < 1.29 is 41.5 Å². The lowest BCUT2D eigenvalue weighted by molar-refractivity contribution is -0.127. The second kappa shape index (κ2) is 12.9. The molecule has 0 bridgehead atoms. The van der Waals surface area contributed by atoms with Gasteiger partial charge in [0.2, 0.25) is 25.1 Å². The van der Waals surface area contributed by atoms with Gasteiger partial charge in [-0.3, -0.25) is 28.4 Å². The second-order valence-corrected chi connectivity index (χ2v) is 16.7. The molecule has 0 saturated carbocycles. The van der Waals surface area contributed by atoms with Crippen molar-refractivity contribution in [3.05, 3.63) is 101 Å². The molecule has 3 amide bonds. The lowest BCUT2D eigenvalue weighted by Gasteiger charge is -2.30. The predicted molar refractivity (Wildman–Crippen MR) is 176 cm³/mol. The average molecular weight is 686 g/mol. The van der Waals surface area contributed by atoms with Gasteiger partial charge in [-0.15, -0.1) is 0 Å². The number of likely N-dealkylation sites (N-methyl/N-ethyl adjacent to an activating group) is 1. The summed E-state index contributed by atoms with van der Waals surface area (Å²) in [4.78, 5) is 53.8. The minimum absolute atomic E-state index is 0.258. The van der Waals surface area contributed by atoms with E-state index in [-0.39, 0.29) is 5.91 Å². The number of alkyl halides is 2. The molecule has 3 atom stereocenters. The molecular formula is C33H35F2N3O7P2. The van der Waals surface area contributed by atoms with E-state index >= 15 is 0 Å². The third kappa shape index (κ3) is 7.02. The number of anilines is 2.